The van der Waals surface area contributed by atoms with E-state index in [1.807, 2.05) is 7.05 Å². The van der Waals surface area contributed by atoms with Crippen molar-refractivity contribution in [1.29, 1.82) is 0 Å². The van der Waals surface area contributed by atoms with Crippen LogP contribution in [0.25, 0.3) is 0 Å². The van der Waals surface area contributed by atoms with Crippen molar-refractivity contribution in [3.05, 3.63) is 0 Å². The van der Waals surface area contributed by atoms with E-state index in [4.69, 9.17) is 0 Å². The Labute approximate surface area is 122 Å². The highest BCUT2D eigenvalue weighted by molar-refractivity contribution is 5.80. The van der Waals surface area contributed by atoms with Gasteiger partial charge in [0.25, 0.3) is 0 Å². The summed E-state index contributed by atoms with van der Waals surface area (Å²) in [4.78, 5) is 23.8. The van der Waals surface area contributed by atoms with Gasteiger partial charge in [-0.2, -0.15) is 0 Å². The van der Waals surface area contributed by atoms with E-state index < -0.39 is 0 Å². The number of Topliss-reactive ketones (excluding diaryl/α,β-unsaturated/α-hetero) is 1. The molecule has 2 unspecified atom stereocenters. The Balaban J connectivity index is 1.78. The van der Waals surface area contributed by atoms with Crippen LogP contribution in [0, 0.1) is 11.8 Å². The Morgan fingerprint density at radius 3 is 2.20 bits per heavy atom. The lowest BCUT2D eigenvalue weighted by molar-refractivity contribution is -0.128. The summed E-state index contributed by atoms with van der Waals surface area (Å²) in [5, 5.41) is 6.49. The van der Waals surface area contributed by atoms with Gasteiger partial charge in [0.05, 0.1) is 0 Å². The molecule has 0 spiro atoms. The molecule has 0 heterocycles. The molecule has 2 N–H and O–H groups in total. The van der Waals surface area contributed by atoms with Crippen molar-refractivity contribution in [3.63, 3.8) is 0 Å². The summed E-state index contributed by atoms with van der Waals surface area (Å²) in [6.07, 6.45) is 8.08. The summed E-state index contributed by atoms with van der Waals surface area (Å²) in [5.41, 5.74) is 0. The lowest BCUT2D eigenvalue weighted by Crippen LogP contribution is -2.44. The maximum absolute atomic E-state index is 12.3. The van der Waals surface area contributed by atoms with Crippen molar-refractivity contribution >= 4 is 11.7 Å². The van der Waals surface area contributed by atoms with Crippen LogP contribution in [0.4, 0.5) is 0 Å². The number of ketones is 1. The minimum atomic E-state index is 0.161. The SMILES string of the molecule is CNC1CCC(C(=O)NC2CCCC(C(C)=O)C2)CC1. The van der Waals surface area contributed by atoms with E-state index in [1.54, 1.807) is 6.92 Å². The highest BCUT2D eigenvalue weighted by Crippen LogP contribution is 2.27. The molecule has 20 heavy (non-hydrogen) atoms. The van der Waals surface area contributed by atoms with Gasteiger partial charge in [0, 0.05) is 23.9 Å². The van der Waals surface area contributed by atoms with Gasteiger partial charge in [-0.15, -0.1) is 0 Å². The smallest absolute Gasteiger partial charge is 0.223 e. The van der Waals surface area contributed by atoms with Crippen molar-refractivity contribution in [2.75, 3.05) is 7.05 Å². The molecule has 2 atom stereocenters. The molecule has 0 saturated heterocycles. The molecule has 2 fully saturated rings. The van der Waals surface area contributed by atoms with Crippen molar-refractivity contribution in [3.8, 4) is 0 Å². The first kappa shape index (κ1) is 15.5. The average Bonchev–Trinajstić information content (AvgIpc) is 2.47. The molecule has 0 aromatic carbocycles. The van der Waals surface area contributed by atoms with Gasteiger partial charge in [0.2, 0.25) is 5.91 Å². The second-order valence-corrected chi connectivity index (χ2v) is 6.52. The number of rotatable bonds is 4. The van der Waals surface area contributed by atoms with Gasteiger partial charge in [0.15, 0.2) is 0 Å². The fourth-order valence-corrected chi connectivity index (χ4v) is 3.65. The molecular formula is C16H28N2O2. The summed E-state index contributed by atoms with van der Waals surface area (Å²) < 4.78 is 0. The maximum Gasteiger partial charge on any atom is 0.223 e. The third kappa shape index (κ3) is 4.05. The van der Waals surface area contributed by atoms with Crippen molar-refractivity contribution < 1.29 is 9.59 Å². The molecule has 0 bridgehead atoms. The summed E-state index contributed by atoms with van der Waals surface area (Å²) in [6, 6.07) is 0.794. The quantitative estimate of drug-likeness (QED) is 0.828. The molecule has 2 saturated carbocycles. The Morgan fingerprint density at radius 2 is 1.60 bits per heavy atom. The van der Waals surface area contributed by atoms with Crippen LogP contribution in [0.2, 0.25) is 0 Å². The first-order valence-electron chi connectivity index (χ1n) is 8.08. The largest absolute Gasteiger partial charge is 0.353 e. The standard InChI is InChI=1S/C16H28N2O2/c1-11(19)13-4-3-5-15(10-13)18-16(20)12-6-8-14(17-2)9-7-12/h12-15,17H,3-10H2,1-2H3,(H,18,20). The number of carbonyl (C=O) groups excluding carboxylic acids is 2. The first-order chi connectivity index (χ1) is 9.60. The molecule has 114 valence electrons. The fraction of sp³-hybridized carbons (Fsp3) is 0.875. The molecule has 4 nitrogen and oxygen atoms in total. The van der Waals surface area contributed by atoms with Gasteiger partial charge in [-0.1, -0.05) is 6.42 Å². The second-order valence-electron chi connectivity index (χ2n) is 6.52. The molecule has 0 radical (unpaired) electrons. The Bertz CT molecular complexity index is 348. The van der Waals surface area contributed by atoms with E-state index >= 15 is 0 Å². The van der Waals surface area contributed by atoms with Gasteiger partial charge >= 0.3 is 0 Å². The molecule has 0 aliphatic heterocycles. The van der Waals surface area contributed by atoms with Crippen LogP contribution in [-0.4, -0.2) is 30.8 Å². The van der Waals surface area contributed by atoms with E-state index in [-0.39, 0.29) is 29.6 Å². The molecule has 4 heteroatoms. The predicted molar refractivity (Wildman–Crippen MR) is 79.4 cm³/mol. The third-order valence-electron chi connectivity index (χ3n) is 5.10. The molecule has 2 aliphatic carbocycles. The number of amides is 1. The molecule has 0 aromatic heterocycles. The van der Waals surface area contributed by atoms with Crippen LogP contribution in [0.1, 0.15) is 58.3 Å². The van der Waals surface area contributed by atoms with E-state index in [1.165, 1.54) is 0 Å². The Morgan fingerprint density at radius 1 is 0.900 bits per heavy atom. The molecule has 1 amide bonds. The van der Waals surface area contributed by atoms with Crippen LogP contribution in [0.3, 0.4) is 0 Å². The fourth-order valence-electron chi connectivity index (χ4n) is 3.65. The van der Waals surface area contributed by atoms with Gasteiger partial charge in [-0.25, -0.2) is 0 Å². The number of nitrogens with one attached hydrogen (secondary N) is 2. The number of hydrogen-bond donors (Lipinski definition) is 2. The third-order valence-corrected chi connectivity index (χ3v) is 5.10. The van der Waals surface area contributed by atoms with E-state index in [0.717, 1.165) is 51.4 Å². The van der Waals surface area contributed by atoms with Crippen molar-refractivity contribution in [2.45, 2.75) is 70.4 Å². The molecule has 2 rings (SSSR count). The monoisotopic (exact) mass is 280 g/mol. The van der Waals surface area contributed by atoms with E-state index in [0.29, 0.717) is 6.04 Å². The van der Waals surface area contributed by atoms with Crippen LogP contribution in [0.15, 0.2) is 0 Å². The molecular weight excluding hydrogens is 252 g/mol. The van der Waals surface area contributed by atoms with Crippen LogP contribution in [0.5, 0.6) is 0 Å². The first-order valence-corrected chi connectivity index (χ1v) is 8.08. The molecule has 0 aromatic rings. The highest BCUT2D eigenvalue weighted by atomic mass is 16.2. The minimum Gasteiger partial charge on any atom is -0.353 e. The van der Waals surface area contributed by atoms with Gasteiger partial charge in [-0.3, -0.25) is 9.59 Å². The van der Waals surface area contributed by atoms with Crippen LogP contribution >= 0.6 is 0 Å². The highest BCUT2D eigenvalue weighted by Gasteiger charge is 2.30. The predicted octanol–water partition coefficient (Wildman–Crippen LogP) is 2.03. The lowest BCUT2D eigenvalue weighted by Gasteiger charge is -2.32. The number of hydrogen-bond acceptors (Lipinski definition) is 3. The van der Waals surface area contributed by atoms with E-state index in [9.17, 15) is 9.59 Å². The zero-order chi connectivity index (χ0) is 14.5. The van der Waals surface area contributed by atoms with Gasteiger partial charge < -0.3 is 10.6 Å². The molecule has 2 aliphatic rings. The van der Waals surface area contributed by atoms with Crippen LogP contribution in [-0.2, 0) is 9.59 Å². The minimum absolute atomic E-state index is 0.161. The maximum atomic E-state index is 12.3. The second kappa shape index (κ2) is 7.21. The summed E-state index contributed by atoms with van der Waals surface area (Å²) in [7, 11) is 2.00. The summed E-state index contributed by atoms with van der Waals surface area (Å²) >= 11 is 0. The van der Waals surface area contributed by atoms with Crippen molar-refractivity contribution in [1.82, 2.24) is 10.6 Å². The zero-order valence-corrected chi connectivity index (χ0v) is 12.8. The zero-order valence-electron chi connectivity index (χ0n) is 12.8. The number of carbonyl (C=O) groups is 2. The normalized spacial score (nSPS) is 34.5. The summed E-state index contributed by atoms with van der Waals surface area (Å²) in [6.45, 7) is 1.67. The lowest BCUT2D eigenvalue weighted by atomic mass is 9.82. The Hall–Kier alpha value is -0.900. The average molecular weight is 280 g/mol. The van der Waals surface area contributed by atoms with Gasteiger partial charge in [-0.05, 0) is 58.9 Å². The summed E-state index contributed by atoms with van der Waals surface area (Å²) in [5.74, 6) is 0.832. The van der Waals surface area contributed by atoms with Crippen molar-refractivity contribution in [2.24, 2.45) is 11.8 Å². The van der Waals surface area contributed by atoms with E-state index in [2.05, 4.69) is 10.6 Å². The Kier molecular flexibility index (Phi) is 5.58. The van der Waals surface area contributed by atoms with Gasteiger partial charge in [0.1, 0.15) is 5.78 Å². The topological polar surface area (TPSA) is 58.2 Å². The van der Waals surface area contributed by atoms with Crippen LogP contribution < -0.4 is 10.6 Å².